The van der Waals surface area contributed by atoms with Crippen LogP contribution in [0.1, 0.15) is 24.1 Å². The van der Waals surface area contributed by atoms with Crippen molar-refractivity contribution in [3.05, 3.63) is 17.6 Å². The van der Waals surface area contributed by atoms with Gasteiger partial charge in [-0.15, -0.1) is 0 Å². The van der Waals surface area contributed by atoms with Crippen molar-refractivity contribution in [1.29, 1.82) is 0 Å². The van der Waals surface area contributed by atoms with Gasteiger partial charge in [0.2, 0.25) is 0 Å². The Morgan fingerprint density at radius 3 is 3.06 bits per heavy atom. The Morgan fingerprint density at radius 1 is 1.39 bits per heavy atom. The van der Waals surface area contributed by atoms with E-state index in [4.69, 9.17) is 9.84 Å². The van der Waals surface area contributed by atoms with Gasteiger partial charge in [-0.1, -0.05) is 0 Å². The third-order valence-corrected chi connectivity index (χ3v) is 2.89. The van der Waals surface area contributed by atoms with Gasteiger partial charge < -0.3 is 15.2 Å². The van der Waals surface area contributed by atoms with E-state index in [0.29, 0.717) is 13.2 Å². The number of carboxylic acid groups (broad SMARTS) is 1. The van der Waals surface area contributed by atoms with E-state index in [-0.39, 0.29) is 6.61 Å². The molecule has 1 aromatic heterocycles. The standard InChI is InChI=1S/C12H17N3O3/c16-11(17)7-18-6-5-13-12-9-3-1-2-4-10(9)14-8-15-12/h8H,1-7H2,(H,16,17)(H,13,14,15). The molecule has 2 rings (SSSR count). The zero-order chi connectivity index (χ0) is 12.8. The molecule has 0 aliphatic heterocycles. The summed E-state index contributed by atoms with van der Waals surface area (Å²) in [6, 6.07) is 0. The van der Waals surface area contributed by atoms with Crippen LogP contribution in [-0.4, -0.2) is 40.8 Å². The first kappa shape index (κ1) is 12.8. The van der Waals surface area contributed by atoms with Crippen molar-refractivity contribution in [3.8, 4) is 0 Å². The molecule has 0 spiro atoms. The van der Waals surface area contributed by atoms with Crippen LogP contribution in [0.15, 0.2) is 6.33 Å². The summed E-state index contributed by atoms with van der Waals surface area (Å²) >= 11 is 0. The SMILES string of the molecule is O=C(O)COCCNc1ncnc2c1CCCC2. The molecule has 2 N–H and O–H groups in total. The summed E-state index contributed by atoms with van der Waals surface area (Å²) in [4.78, 5) is 18.8. The lowest BCUT2D eigenvalue weighted by Crippen LogP contribution is -2.17. The molecule has 0 atom stereocenters. The Bertz CT molecular complexity index is 423. The van der Waals surface area contributed by atoms with Gasteiger partial charge in [-0.25, -0.2) is 14.8 Å². The second-order valence-electron chi connectivity index (χ2n) is 4.23. The number of rotatable bonds is 6. The third-order valence-electron chi connectivity index (χ3n) is 2.89. The van der Waals surface area contributed by atoms with Crippen LogP contribution < -0.4 is 5.32 Å². The molecule has 1 aliphatic carbocycles. The van der Waals surface area contributed by atoms with Crippen molar-refractivity contribution in [2.75, 3.05) is 25.1 Å². The summed E-state index contributed by atoms with van der Waals surface area (Å²) < 4.78 is 4.96. The highest BCUT2D eigenvalue weighted by Crippen LogP contribution is 2.23. The number of aliphatic carboxylic acids is 1. The Morgan fingerprint density at radius 2 is 2.22 bits per heavy atom. The lowest BCUT2D eigenvalue weighted by atomic mass is 9.96. The normalized spacial score (nSPS) is 14.0. The molecule has 1 heterocycles. The van der Waals surface area contributed by atoms with Crippen LogP contribution in [0, 0.1) is 0 Å². The fraction of sp³-hybridized carbons (Fsp3) is 0.583. The number of hydrogen-bond donors (Lipinski definition) is 2. The minimum atomic E-state index is -0.950. The number of nitrogens with one attached hydrogen (secondary N) is 1. The Labute approximate surface area is 105 Å². The zero-order valence-electron chi connectivity index (χ0n) is 10.2. The van der Waals surface area contributed by atoms with Crippen molar-refractivity contribution in [3.63, 3.8) is 0 Å². The van der Waals surface area contributed by atoms with E-state index >= 15 is 0 Å². The fourth-order valence-corrected chi connectivity index (χ4v) is 2.07. The van der Waals surface area contributed by atoms with Gasteiger partial charge in [-0.3, -0.25) is 0 Å². The number of anilines is 1. The molecule has 0 fully saturated rings. The minimum absolute atomic E-state index is 0.260. The van der Waals surface area contributed by atoms with Crippen molar-refractivity contribution in [2.24, 2.45) is 0 Å². The van der Waals surface area contributed by atoms with E-state index in [2.05, 4.69) is 15.3 Å². The summed E-state index contributed by atoms with van der Waals surface area (Å²) in [6.45, 7) is 0.644. The van der Waals surface area contributed by atoms with Gasteiger partial charge in [-0.05, 0) is 25.7 Å². The molecule has 0 saturated heterocycles. The first-order chi connectivity index (χ1) is 8.77. The molecular formula is C12H17N3O3. The van der Waals surface area contributed by atoms with Gasteiger partial charge in [0.25, 0.3) is 0 Å². The highest BCUT2D eigenvalue weighted by Gasteiger charge is 2.14. The van der Waals surface area contributed by atoms with Crippen LogP contribution in [0.25, 0.3) is 0 Å². The Hall–Kier alpha value is -1.69. The molecule has 1 aromatic rings. The predicted molar refractivity (Wildman–Crippen MR) is 65.6 cm³/mol. The van der Waals surface area contributed by atoms with Crippen molar-refractivity contribution in [2.45, 2.75) is 25.7 Å². The van der Waals surface area contributed by atoms with Crippen LogP contribution in [0.4, 0.5) is 5.82 Å². The summed E-state index contributed by atoms with van der Waals surface area (Å²) in [5.74, 6) is -0.0898. The second-order valence-corrected chi connectivity index (χ2v) is 4.23. The van der Waals surface area contributed by atoms with Gasteiger partial charge in [0, 0.05) is 17.8 Å². The molecule has 0 aromatic carbocycles. The molecule has 0 amide bonds. The van der Waals surface area contributed by atoms with Crippen LogP contribution in [0.3, 0.4) is 0 Å². The van der Waals surface area contributed by atoms with Crippen LogP contribution in [0.2, 0.25) is 0 Å². The number of carbonyl (C=O) groups is 1. The average molecular weight is 251 g/mol. The van der Waals surface area contributed by atoms with Gasteiger partial charge >= 0.3 is 5.97 Å². The maximum atomic E-state index is 10.3. The second kappa shape index (κ2) is 6.30. The molecule has 18 heavy (non-hydrogen) atoms. The van der Waals surface area contributed by atoms with E-state index in [1.165, 1.54) is 18.4 Å². The molecule has 6 heteroatoms. The number of aryl methyl sites for hydroxylation is 1. The van der Waals surface area contributed by atoms with Crippen LogP contribution >= 0.6 is 0 Å². The Balaban J connectivity index is 1.84. The zero-order valence-corrected chi connectivity index (χ0v) is 10.2. The number of ether oxygens (including phenoxy) is 1. The summed E-state index contributed by atoms with van der Waals surface area (Å²) in [7, 11) is 0. The maximum Gasteiger partial charge on any atom is 0.329 e. The molecule has 98 valence electrons. The first-order valence-corrected chi connectivity index (χ1v) is 6.13. The highest BCUT2D eigenvalue weighted by atomic mass is 16.5. The van der Waals surface area contributed by atoms with E-state index in [1.807, 2.05) is 0 Å². The third kappa shape index (κ3) is 3.40. The van der Waals surface area contributed by atoms with Gasteiger partial charge in [0.15, 0.2) is 0 Å². The minimum Gasteiger partial charge on any atom is -0.480 e. The molecule has 1 aliphatic rings. The number of carboxylic acids is 1. The van der Waals surface area contributed by atoms with Crippen LogP contribution in [-0.2, 0) is 22.4 Å². The van der Waals surface area contributed by atoms with Gasteiger partial charge in [0.1, 0.15) is 18.8 Å². The smallest absolute Gasteiger partial charge is 0.329 e. The maximum absolute atomic E-state index is 10.3. The Kier molecular flexibility index (Phi) is 4.46. The van der Waals surface area contributed by atoms with Crippen LogP contribution in [0.5, 0.6) is 0 Å². The molecule has 0 bridgehead atoms. The fourth-order valence-electron chi connectivity index (χ4n) is 2.07. The lowest BCUT2D eigenvalue weighted by molar-refractivity contribution is -0.142. The number of fused-ring (bicyclic) bond motifs is 1. The quantitative estimate of drug-likeness (QED) is 0.730. The molecule has 0 unspecified atom stereocenters. The predicted octanol–water partition coefficient (Wildman–Crippen LogP) is 0.868. The molecule has 0 radical (unpaired) electrons. The van der Waals surface area contributed by atoms with Crippen molar-refractivity contribution < 1.29 is 14.6 Å². The van der Waals surface area contributed by atoms with Gasteiger partial charge in [-0.2, -0.15) is 0 Å². The number of aromatic nitrogens is 2. The lowest BCUT2D eigenvalue weighted by Gasteiger charge is -2.17. The topological polar surface area (TPSA) is 84.3 Å². The first-order valence-electron chi connectivity index (χ1n) is 6.13. The highest BCUT2D eigenvalue weighted by molar-refractivity contribution is 5.67. The van der Waals surface area contributed by atoms with Gasteiger partial charge in [0.05, 0.1) is 6.61 Å². The van der Waals surface area contributed by atoms with Crippen molar-refractivity contribution in [1.82, 2.24) is 9.97 Å². The van der Waals surface area contributed by atoms with E-state index in [1.54, 1.807) is 6.33 Å². The summed E-state index contributed by atoms with van der Waals surface area (Å²) in [5, 5.41) is 11.6. The van der Waals surface area contributed by atoms with E-state index < -0.39 is 5.97 Å². The largest absolute Gasteiger partial charge is 0.480 e. The molecule has 0 saturated carbocycles. The van der Waals surface area contributed by atoms with E-state index in [9.17, 15) is 4.79 Å². The van der Waals surface area contributed by atoms with E-state index in [0.717, 1.165) is 24.4 Å². The summed E-state index contributed by atoms with van der Waals surface area (Å²) in [6.07, 6.45) is 5.96. The number of hydrogen-bond acceptors (Lipinski definition) is 5. The van der Waals surface area contributed by atoms with Crippen molar-refractivity contribution >= 4 is 11.8 Å². The average Bonchev–Trinajstić information content (AvgIpc) is 2.38. The molecular weight excluding hydrogens is 234 g/mol. The molecule has 6 nitrogen and oxygen atoms in total. The monoisotopic (exact) mass is 251 g/mol. The number of nitrogens with zero attached hydrogens (tertiary/aromatic N) is 2. The summed E-state index contributed by atoms with van der Waals surface area (Å²) in [5.41, 5.74) is 2.33.